The van der Waals surface area contributed by atoms with Crippen molar-refractivity contribution in [2.24, 2.45) is 0 Å². The van der Waals surface area contributed by atoms with Crippen LogP contribution in [0.4, 0.5) is 0 Å². The first kappa shape index (κ1) is 22.2. The van der Waals surface area contributed by atoms with Crippen molar-refractivity contribution in [3.8, 4) is 22.7 Å². The zero-order valence-corrected chi connectivity index (χ0v) is 19.4. The molecule has 5 rings (SSSR count). The average Bonchev–Trinajstić information content (AvgIpc) is 3.60. The van der Waals surface area contributed by atoms with Gasteiger partial charge in [-0.2, -0.15) is 5.10 Å². The summed E-state index contributed by atoms with van der Waals surface area (Å²) < 4.78 is 12.6. The molecule has 5 aromatic rings. The van der Waals surface area contributed by atoms with Crippen LogP contribution in [0.1, 0.15) is 21.7 Å². The van der Waals surface area contributed by atoms with E-state index in [0.717, 1.165) is 33.8 Å². The van der Waals surface area contributed by atoms with Gasteiger partial charge in [-0.3, -0.25) is 4.79 Å². The number of hydrogen-bond acceptors (Lipinski definition) is 4. The van der Waals surface area contributed by atoms with Crippen molar-refractivity contribution in [2.75, 3.05) is 7.11 Å². The largest absolute Gasteiger partial charge is 0.497 e. The van der Waals surface area contributed by atoms with E-state index < -0.39 is 0 Å². The van der Waals surface area contributed by atoms with Crippen LogP contribution in [0.5, 0.6) is 5.75 Å². The number of para-hydroxylation sites is 1. The Bertz CT molecular complexity index is 1380. The molecule has 1 amide bonds. The zero-order chi connectivity index (χ0) is 24.0. The molecule has 0 aliphatic carbocycles. The maximum atomic E-state index is 13.4. The number of furan rings is 1. The first-order valence-electron chi connectivity index (χ1n) is 11.4. The monoisotopic (exact) mass is 463 g/mol. The number of ether oxygens (including phenoxy) is 1. The molecule has 0 unspecified atom stereocenters. The Morgan fingerprint density at radius 2 is 1.60 bits per heavy atom. The molecule has 0 fully saturated rings. The molecule has 0 saturated heterocycles. The van der Waals surface area contributed by atoms with E-state index in [1.807, 2.05) is 95.8 Å². The number of nitrogens with zero attached hydrogens (tertiary/aromatic N) is 3. The van der Waals surface area contributed by atoms with Crippen LogP contribution in [0.15, 0.2) is 114 Å². The Labute approximate surface area is 204 Å². The average molecular weight is 464 g/mol. The standard InChI is InChI=1S/C29H25N3O3/c1-34-26-16-14-23(15-17-26)28-24(21-32(30-28)25-11-6-3-7-12-25)20-31(19-22-9-4-2-5-10-22)29(33)27-13-8-18-35-27/h2-18,21H,19-20H2,1H3. The first-order chi connectivity index (χ1) is 17.2. The maximum absolute atomic E-state index is 13.4. The maximum Gasteiger partial charge on any atom is 0.290 e. The summed E-state index contributed by atoms with van der Waals surface area (Å²) in [6, 6.07) is 31.1. The molecule has 0 N–H and O–H groups in total. The normalized spacial score (nSPS) is 10.8. The highest BCUT2D eigenvalue weighted by Crippen LogP contribution is 2.28. The van der Waals surface area contributed by atoms with Gasteiger partial charge in [0.2, 0.25) is 0 Å². The van der Waals surface area contributed by atoms with Crippen LogP contribution in [0.2, 0.25) is 0 Å². The lowest BCUT2D eigenvalue weighted by Crippen LogP contribution is -2.30. The number of benzene rings is 3. The SMILES string of the molecule is COc1ccc(-c2nn(-c3ccccc3)cc2CN(Cc2ccccc2)C(=O)c2ccco2)cc1. The van der Waals surface area contributed by atoms with Gasteiger partial charge in [-0.1, -0.05) is 48.5 Å². The van der Waals surface area contributed by atoms with Crippen molar-refractivity contribution < 1.29 is 13.9 Å². The fourth-order valence-corrected chi connectivity index (χ4v) is 4.00. The van der Waals surface area contributed by atoms with E-state index in [9.17, 15) is 4.79 Å². The van der Waals surface area contributed by atoms with E-state index in [-0.39, 0.29) is 5.91 Å². The summed E-state index contributed by atoms with van der Waals surface area (Å²) in [5, 5.41) is 4.90. The van der Waals surface area contributed by atoms with Crippen LogP contribution in [-0.4, -0.2) is 27.7 Å². The van der Waals surface area contributed by atoms with Gasteiger partial charge in [0.25, 0.3) is 5.91 Å². The quantitative estimate of drug-likeness (QED) is 0.284. The zero-order valence-electron chi connectivity index (χ0n) is 19.4. The van der Waals surface area contributed by atoms with Gasteiger partial charge in [0.05, 0.1) is 31.3 Å². The van der Waals surface area contributed by atoms with Crippen LogP contribution in [-0.2, 0) is 13.1 Å². The van der Waals surface area contributed by atoms with Gasteiger partial charge >= 0.3 is 0 Å². The molecule has 6 heteroatoms. The molecule has 6 nitrogen and oxygen atoms in total. The summed E-state index contributed by atoms with van der Waals surface area (Å²) in [4.78, 5) is 15.2. The second kappa shape index (κ2) is 10.1. The van der Waals surface area contributed by atoms with Crippen LogP contribution >= 0.6 is 0 Å². The molecule has 0 spiro atoms. The summed E-state index contributed by atoms with van der Waals surface area (Å²) in [5.74, 6) is 0.908. The second-order valence-electron chi connectivity index (χ2n) is 8.14. The van der Waals surface area contributed by atoms with Gasteiger partial charge in [0, 0.05) is 23.9 Å². The van der Waals surface area contributed by atoms with Crippen LogP contribution < -0.4 is 4.74 Å². The first-order valence-corrected chi connectivity index (χ1v) is 11.4. The Kier molecular flexibility index (Phi) is 6.44. The number of aromatic nitrogens is 2. The van der Waals surface area contributed by atoms with Crippen LogP contribution in [0.25, 0.3) is 16.9 Å². The van der Waals surface area contributed by atoms with Crippen molar-refractivity contribution in [1.29, 1.82) is 0 Å². The molecule has 0 aliphatic rings. The number of carbonyl (C=O) groups is 1. The highest BCUT2D eigenvalue weighted by Gasteiger charge is 2.22. The minimum Gasteiger partial charge on any atom is -0.497 e. The highest BCUT2D eigenvalue weighted by atomic mass is 16.5. The Morgan fingerprint density at radius 3 is 2.26 bits per heavy atom. The smallest absolute Gasteiger partial charge is 0.290 e. The van der Waals surface area contributed by atoms with Crippen molar-refractivity contribution in [3.63, 3.8) is 0 Å². The molecule has 0 saturated carbocycles. The van der Waals surface area contributed by atoms with Gasteiger partial charge in [-0.25, -0.2) is 4.68 Å². The minimum absolute atomic E-state index is 0.174. The predicted molar refractivity (Wildman–Crippen MR) is 134 cm³/mol. The van der Waals surface area contributed by atoms with Gasteiger partial charge < -0.3 is 14.1 Å². The Balaban J connectivity index is 1.55. The number of amides is 1. The van der Waals surface area contributed by atoms with Gasteiger partial charge in [-0.15, -0.1) is 0 Å². The lowest BCUT2D eigenvalue weighted by Gasteiger charge is -2.22. The van der Waals surface area contributed by atoms with E-state index in [0.29, 0.717) is 18.8 Å². The highest BCUT2D eigenvalue weighted by molar-refractivity contribution is 5.91. The lowest BCUT2D eigenvalue weighted by molar-refractivity contribution is 0.0698. The topological polar surface area (TPSA) is 60.5 Å². The Morgan fingerprint density at radius 1 is 0.886 bits per heavy atom. The number of rotatable bonds is 8. The number of carbonyl (C=O) groups excluding carboxylic acids is 1. The molecule has 0 radical (unpaired) electrons. The molecule has 2 heterocycles. The molecule has 2 aromatic heterocycles. The molecule has 35 heavy (non-hydrogen) atoms. The number of hydrogen-bond donors (Lipinski definition) is 0. The molecule has 3 aromatic carbocycles. The minimum atomic E-state index is -0.174. The lowest BCUT2D eigenvalue weighted by atomic mass is 10.1. The van der Waals surface area contributed by atoms with Crippen molar-refractivity contribution >= 4 is 5.91 Å². The van der Waals surface area contributed by atoms with Crippen LogP contribution in [0.3, 0.4) is 0 Å². The molecule has 0 atom stereocenters. The molecular formula is C29H25N3O3. The summed E-state index contributed by atoms with van der Waals surface area (Å²) in [7, 11) is 1.65. The summed E-state index contributed by atoms with van der Waals surface area (Å²) >= 11 is 0. The van der Waals surface area contributed by atoms with Crippen LogP contribution in [0, 0.1) is 0 Å². The van der Waals surface area contributed by atoms with Crippen molar-refractivity contribution in [3.05, 3.63) is 126 Å². The third kappa shape index (κ3) is 5.01. The molecule has 0 aliphatic heterocycles. The summed E-state index contributed by atoms with van der Waals surface area (Å²) in [5.41, 5.74) is 4.66. The third-order valence-corrected chi connectivity index (χ3v) is 5.77. The van der Waals surface area contributed by atoms with E-state index in [2.05, 4.69) is 0 Å². The fraction of sp³-hybridized carbons (Fsp3) is 0.103. The van der Waals surface area contributed by atoms with Crippen molar-refractivity contribution in [2.45, 2.75) is 13.1 Å². The molecular weight excluding hydrogens is 438 g/mol. The van der Waals surface area contributed by atoms with E-state index >= 15 is 0 Å². The van der Waals surface area contributed by atoms with Gasteiger partial charge in [-0.05, 0) is 54.1 Å². The Hall–Kier alpha value is -4.58. The predicted octanol–water partition coefficient (Wildman–Crippen LogP) is 5.98. The van der Waals surface area contributed by atoms with E-state index in [1.54, 1.807) is 24.1 Å². The summed E-state index contributed by atoms with van der Waals surface area (Å²) in [6.07, 6.45) is 3.51. The van der Waals surface area contributed by atoms with Crippen molar-refractivity contribution in [1.82, 2.24) is 14.7 Å². The number of methoxy groups -OCH3 is 1. The van der Waals surface area contributed by atoms with E-state index in [4.69, 9.17) is 14.3 Å². The van der Waals surface area contributed by atoms with Gasteiger partial charge in [0.15, 0.2) is 5.76 Å². The molecule has 174 valence electrons. The fourth-order valence-electron chi connectivity index (χ4n) is 4.00. The second-order valence-corrected chi connectivity index (χ2v) is 8.14. The van der Waals surface area contributed by atoms with E-state index in [1.165, 1.54) is 6.26 Å². The molecule has 0 bridgehead atoms. The third-order valence-electron chi connectivity index (χ3n) is 5.77. The van der Waals surface area contributed by atoms with Gasteiger partial charge in [0.1, 0.15) is 5.75 Å². The summed E-state index contributed by atoms with van der Waals surface area (Å²) in [6.45, 7) is 0.807.